The third-order valence-corrected chi connectivity index (χ3v) is 2.73. The van der Waals surface area contributed by atoms with Crippen LogP contribution in [0.1, 0.15) is 11.1 Å². The Morgan fingerprint density at radius 2 is 1.63 bits per heavy atom. The lowest BCUT2D eigenvalue weighted by molar-refractivity contribution is 0.942. The molecule has 0 saturated heterocycles. The highest BCUT2D eigenvalue weighted by Crippen LogP contribution is 2.27. The number of nitrogens with two attached hydrogens (primary N) is 2. The van der Waals surface area contributed by atoms with E-state index in [2.05, 4.69) is 0 Å². The Hall–Kier alpha value is -3.25. The van der Waals surface area contributed by atoms with E-state index in [-0.39, 0.29) is 22.5 Å². The second-order valence-electron chi connectivity index (χ2n) is 3.78. The molecule has 4 N–H and O–H groups in total. The molecule has 0 saturated carbocycles. The van der Waals surface area contributed by atoms with Gasteiger partial charge in [0.05, 0.1) is 0 Å². The van der Waals surface area contributed by atoms with Crippen LogP contribution in [0.15, 0.2) is 35.1 Å². The molecule has 6 heteroatoms. The van der Waals surface area contributed by atoms with Gasteiger partial charge in [0.15, 0.2) is 0 Å². The lowest BCUT2D eigenvalue weighted by Crippen LogP contribution is -2.33. The molecule has 6 nitrogen and oxygen atoms in total. The largest absolute Gasteiger partial charge is 0.382 e. The normalized spacial score (nSPS) is 9.58. The van der Waals surface area contributed by atoms with Crippen LogP contribution in [0.25, 0.3) is 11.1 Å². The standard InChI is InChI=1S/C13H9N5O/c14-6-9-11(8-4-2-1-3-5-8)10(7-15)13(19)18(17)12(9)16/h1-5H,16-17H2. The van der Waals surface area contributed by atoms with Crippen molar-refractivity contribution in [1.29, 1.82) is 10.5 Å². The number of nitriles is 2. The Labute approximate surface area is 108 Å². The maximum atomic E-state index is 11.9. The molecule has 1 aromatic heterocycles. The first kappa shape index (κ1) is 12.2. The fraction of sp³-hybridized carbons (Fsp3) is 0. The number of benzene rings is 1. The Morgan fingerprint density at radius 1 is 1.05 bits per heavy atom. The van der Waals surface area contributed by atoms with Crippen molar-refractivity contribution in [3.05, 3.63) is 51.8 Å². The van der Waals surface area contributed by atoms with Crippen LogP contribution in [-0.4, -0.2) is 4.68 Å². The highest BCUT2D eigenvalue weighted by molar-refractivity contribution is 5.80. The Kier molecular flexibility index (Phi) is 2.93. The summed E-state index contributed by atoms with van der Waals surface area (Å²) < 4.78 is 0.615. The molecule has 19 heavy (non-hydrogen) atoms. The summed E-state index contributed by atoms with van der Waals surface area (Å²) in [6.07, 6.45) is 0. The highest BCUT2D eigenvalue weighted by atomic mass is 16.1. The third-order valence-electron chi connectivity index (χ3n) is 2.73. The third kappa shape index (κ3) is 1.78. The van der Waals surface area contributed by atoms with E-state index in [1.807, 2.05) is 6.07 Å². The second kappa shape index (κ2) is 4.55. The zero-order valence-electron chi connectivity index (χ0n) is 9.79. The maximum absolute atomic E-state index is 11.9. The van der Waals surface area contributed by atoms with E-state index in [0.29, 0.717) is 10.2 Å². The van der Waals surface area contributed by atoms with Crippen molar-refractivity contribution in [2.24, 2.45) is 0 Å². The molecule has 0 aliphatic carbocycles. The van der Waals surface area contributed by atoms with Crippen LogP contribution in [0.3, 0.4) is 0 Å². The maximum Gasteiger partial charge on any atom is 0.289 e. The molecule has 0 amide bonds. The van der Waals surface area contributed by atoms with E-state index in [0.717, 1.165) is 0 Å². The monoisotopic (exact) mass is 251 g/mol. The van der Waals surface area contributed by atoms with Gasteiger partial charge in [0, 0.05) is 5.56 Å². The average Bonchev–Trinajstić information content (AvgIpc) is 2.45. The van der Waals surface area contributed by atoms with Crippen molar-refractivity contribution in [3.8, 4) is 23.3 Å². The SMILES string of the molecule is N#Cc1c(-c2ccccc2)c(C#N)c(=O)n(N)c1N. The van der Waals surface area contributed by atoms with Crippen LogP contribution in [0.2, 0.25) is 0 Å². The summed E-state index contributed by atoms with van der Waals surface area (Å²) in [5, 5.41) is 18.3. The molecule has 0 fully saturated rings. The summed E-state index contributed by atoms with van der Waals surface area (Å²) in [4.78, 5) is 11.9. The summed E-state index contributed by atoms with van der Waals surface area (Å²) in [6, 6.07) is 12.3. The topological polar surface area (TPSA) is 122 Å². The van der Waals surface area contributed by atoms with Gasteiger partial charge in [-0.15, -0.1) is 0 Å². The Bertz CT molecular complexity index is 778. The van der Waals surface area contributed by atoms with Crippen molar-refractivity contribution in [3.63, 3.8) is 0 Å². The molecule has 0 bridgehead atoms. The van der Waals surface area contributed by atoms with Crippen molar-refractivity contribution >= 4 is 5.82 Å². The molecule has 1 heterocycles. The highest BCUT2D eigenvalue weighted by Gasteiger charge is 2.20. The zero-order valence-corrected chi connectivity index (χ0v) is 9.79. The first-order valence-electron chi connectivity index (χ1n) is 5.31. The smallest absolute Gasteiger partial charge is 0.289 e. The van der Waals surface area contributed by atoms with Crippen molar-refractivity contribution in [2.45, 2.75) is 0 Å². The lowest BCUT2D eigenvalue weighted by atomic mass is 9.97. The number of pyridine rings is 1. The predicted molar refractivity (Wildman–Crippen MR) is 70.1 cm³/mol. The summed E-state index contributed by atoms with van der Waals surface area (Å²) in [7, 11) is 0. The van der Waals surface area contributed by atoms with Gasteiger partial charge in [-0.3, -0.25) is 4.79 Å². The number of aromatic nitrogens is 1. The molecule has 0 atom stereocenters. The Balaban J connectivity index is 3.00. The van der Waals surface area contributed by atoms with Crippen LogP contribution in [0.5, 0.6) is 0 Å². The predicted octanol–water partition coefficient (Wildman–Crippen LogP) is 0.555. The molecular formula is C13H9N5O. The van der Waals surface area contributed by atoms with Gasteiger partial charge in [-0.2, -0.15) is 10.5 Å². The molecule has 0 unspecified atom stereocenters. The molecule has 2 aromatic rings. The number of nitrogens with zero attached hydrogens (tertiary/aromatic N) is 3. The number of hydrogen-bond donors (Lipinski definition) is 2. The molecule has 1 aromatic carbocycles. The van der Waals surface area contributed by atoms with E-state index in [1.165, 1.54) is 0 Å². The molecule has 0 radical (unpaired) electrons. The van der Waals surface area contributed by atoms with Gasteiger partial charge >= 0.3 is 0 Å². The van der Waals surface area contributed by atoms with Crippen LogP contribution >= 0.6 is 0 Å². The minimum atomic E-state index is -0.724. The molecular weight excluding hydrogens is 242 g/mol. The Morgan fingerprint density at radius 3 is 2.16 bits per heavy atom. The van der Waals surface area contributed by atoms with Gasteiger partial charge in [0.2, 0.25) is 0 Å². The van der Waals surface area contributed by atoms with Gasteiger partial charge in [-0.05, 0) is 5.56 Å². The number of hydrogen-bond acceptors (Lipinski definition) is 5. The lowest BCUT2D eigenvalue weighted by Gasteiger charge is -2.11. The van der Waals surface area contributed by atoms with Crippen molar-refractivity contribution < 1.29 is 0 Å². The van der Waals surface area contributed by atoms with Crippen molar-refractivity contribution in [2.75, 3.05) is 11.6 Å². The van der Waals surface area contributed by atoms with Gasteiger partial charge in [0.25, 0.3) is 5.56 Å². The van der Waals surface area contributed by atoms with Crippen LogP contribution in [-0.2, 0) is 0 Å². The second-order valence-corrected chi connectivity index (χ2v) is 3.78. The quantitative estimate of drug-likeness (QED) is 0.717. The van der Waals surface area contributed by atoms with Gasteiger partial charge < -0.3 is 11.6 Å². The summed E-state index contributed by atoms with van der Waals surface area (Å²) >= 11 is 0. The average molecular weight is 251 g/mol. The van der Waals surface area contributed by atoms with Crippen molar-refractivity contribution in [1.82, 2.24) is 4.68 Å². The minimum absolute atomic E-state index is 0.0184. The summed E-state index contributed by atoms with van der Waals surface area (Å²) in [5.41, 5.74) is 5.55. The van der Waals surface area contributed by atoms with E-state index < -0.39 is 5.56 Å². The number of anilines is 1. The van der Waals surface area contributed by atoms with Gasteiger partial charge in [-0.25, -0.2) is 4.68 Å². The summed E-state index contributed by atoms with van der Waals surface area (Å²) in [5.74, 6) is 5.30. The van der Waals surface area contributed by atoms with Gasteiger partial charge in [-0.1, -0.05) is 30.3 Å². The molecule has 0 aliphatic rings. The van der Waals surface area contributed by atoms with E-state index in [4.69, 9.17) is 16.8 Å². The fourth-order valence-corrected chi connectivity index (χ4v) is 1.82. The molecule has 0 aliphatic heterocycles. The van der Waals surface area contributed by atoms with E-state index >= 15 is 0 Å². The number of nitrogen functional groups attached to an aromatic ring is 2. The minimum Gasteiger partial charge on any atom is -0.382 e. The molecule has 92 valence electrons. The fourth-order valence-electron chi connectivity index (χ4n) is 1.82. The van der Waals surface area contributed by atoms with Crippen LogP contribution < -0.4 is 17.1 Å². The zero-order chi connectivity index (χ0) is 14.0. The summed E-state index contributed by atoms with van der Waals surface area (Å²) in [6.45, 7) is 0. The molecule has 2 rings (SSSR count). The first-order valence-corrected chi connectivity index (χ1v) is 5.31. The van der Waals surface area contributed by atoms with Gasteiger partial charge in [0.1, 0.15) is 29.1 Å². The molecule has 0 spiro atoms. The van der Waals surface area contributed by atoms with Crippen LogP contribution in [0.4, 0.5) is 5.82 Å². The van der Waals surface area contributed by atoms with Crippen LogP contribution in [0, 0.1) is 22.7 Å². The van der Waals surface area contributed by atoms with E-state index in [1.54, 1.807) is 36.4 Å². The van der Waals surface area contributed by atoms with E-state index in [9.17, 15) is 10.1 Å². The first-order chi connectivity index (χ1) is 9.11. The number of rotatable bonds is 1.